The molecular formula is C30H52N6O4. The first kappa shape index (κ1) is 37.1. The SMILES string of the molecule is CC(C)(C)/N=N/C(C)(C#N)CCCOC(=O)CCCCCCCCC(=O)OCCCC(C)(C#N)/N=N/C(C)(C)C. The lowest BCUT2D eigenvalue weighted by molar-refractivity contribution is -0.144. The molecule has 0 aromatic heterocycles. The molecule has 0 aromatic rings. The number of nitriles is 2. The molecule has 226 valence electrons. The number of hydrogen-bond acceptors (Lipinski definition) is 10. The van der Waals surface area contributed by atoms with Crippen molar-refractivity contribution in [3.8, 4) is 12.1 Å². The average molecular weight is 561 g/mol. The van der Waals surface area contributed by atoms with Crippen molar-refractivity contribution in [1.82, 2.24) is 0 Å². The fourth-order valence-electron chi connectivity index (χ4n) is 3.37. The van der Waals surface area contributed by atoms with E-state index in [-0.39, 0.29) is 36.2 Å². The Morgan fingerprint density at radius 2 is 0.875 bits per heavy atom. The van der Waals surface area contributed by atoms with Crippen molar-refractivity contribution in [2.75, 3.05) is 13.2 Å². The van der Waals surface area contributed by atoms with Gasteiger partial charge in [-0.3, -0.25) is 9.59 Å². The normalized spacial score (nSPS) is 15.2. The molecule has 0 N–H and O–H groups in total. The Kier molecular flexibility index (Phi) is 17.1. The van der Waals surface area contributed by atoms with Gasteiger partial charge >= 0.3 is 11.9 Å². The number of carbonyl (C=O) groups is 2. The maximum Gasteiger partial charge on any atom is 0.305 e. The van der Waals surface area contributed by atoms with Gasteiger partial charge in [-0.25, -0.2) is 0 Å². The summed E-state index contributed by atoms with van der Waals surface area (Å²) in [5, 5.41) is 35.6. The Hall–Kier alpha value is -2.88. The molecule has 0 bridgehead atoms. The zero-order chi connectivity index (χ0) is 30.7. The monoisotopic (exact) mass is 560 g/mol. The summed E-state index contributed by atoms with van der Waals surface area (Å²) in [7, 11) is 0. The summed E-state index contributed by atoms with van der Waals surface area (Å²) in [6, 6.07) is 4.38. The second-order valence-electron chi connectivity index (χ2n) is 12.8. The van der Waals surface area contributed by atoms with Crippen molar-refractivity contribution < 1.29 is 19.1 Å². The van der Waals surface area contributed by atoms with E-state index in [4.69, 9.17) is 9.47 Å². The molecule has 0 spiro atoms. The van der Waals surface area contributed by atoms with Gasteiger partial charge in [-0.15, -0.1) is 0 Å². The summed E-state index contributed by atoms with van der Waals surface area (Å²) in [5.41, 5.74) is -2.48. The number of hydrogen-bond donors (Lipinski definition) is 0. The molecule has 0 radical (unpaired) electrons. The van der Waals surface area contributed by atoms with Crippen molar-refractivity contribution in [2.24, 2.45) is 20.5 Å². The zero-order valence-electron chi connectivity index (χ0n) is 26.2. The molecule has 0 heterocycles. The van der Waals surface area contributed by atoms with E-state index in [0.29, 0.717) is 38.5 Å². The highest BCUT2D eigenvalue weighted by atomic mass is 16.5. The molecule has 0 amide bonds. The smallest absolute Gasteiger partial charge is 0.305 e. The molecule has 0 aliphatic heterocycles. The van der Waals surface area contributed by atoms with Crippen LogP contribution in [0.1, 0.15) is 132 Å². The predicted octanol–water partition coefficient (Wildman–Crippen LogP) is 7.82. The highest BCUT2D eigenvalue weighted by Crippen LogP contribution is 2.21. The van der Waals surface area contributed by atoms with Crippen LogP contribution in [-0.4, -0.2) is 47.3 Å². The van der Waals surface area contributed by atoms with E-state index in [2.05, 4.69) is 32.6 Å². The van der Waals surface area contributed by atoms with Crippen molar-refractivity contribution in [1.29, 1.82) is 10.5 Å². The molecule has 0 aromatic carbocycles. The van der Waals surface area contributed by atoms with Crippen molar-refractivity contribution in [3.63, 3.8) is 0 Å². The molecule has 2 unspecified atom stereocenters. The predicted molar refractivity (Wildman–Crippen MR) is 155 cm³/mol. The molecule has 0 fully saturated rings. The number of azo groups is 2. The Labute approximate surface area is 242 Å². The van der Waals surface area contributed by atoms with Crippen molar-refractivity contribution in [2.45, 2.75) is 155 Å². The quantitative estimate of drug-likeness (QED) is 0.0892. The average Bonchev–Trinajstić information content (AvgIpc) is 2.87. The van der Waals surface area contributed by atoms with Crippen LogP contribution in [0.4, 0.5) is 0 Å². The van der Waals surface area contributed by atoms with Crippen molar-refractivity contribution in [3.05, 3.63) is 0 Å². The van der Waals surface area contributed by atoms with Gasteiger partial charge in [-0.1, -0.05) is 25.7 Å². The maximum atomic E-state index is 12.0. The molecule has 40 heavy (non-hydrogen) atoms. The van der Waals surface area contributed by atoms with Gasteiger partial charge in [0.25, 0.3) is 0 Å². The van der Waals surface area contributed by atoms with Crippen LogP contribution in [0, 0.1) is 22.7 Å². The van der Waals surface area contributed by atoms with E-state index in [0.717, 1.165) is 38.5 Å². The summed E-state index contributed by atoms with van der Waals surface area (Å²) in [5.74, 6) is -0.435. The first-order chi connectivity index (χ1) is 18.5. The largest absolute Gasteiger partial charge is 0.466 e. The maximum absolute atomic E-state index is 12.0. The van der Waals surface area contributed by atoms with Crippen LogP contribution in [0.25, 0.3) is 0 Å². The lowest BCUT2D eigenvalue weighted by atomic mass is 9.99. The summed E-state index contributed by atoms with van der Waals surface area (Å²) < 4.78 is 10.6. The molecule has 0 rings (SSSR count). The minimum atomic E-state index is -0.907. The van der Waals surface area contributed by atoms with Gasteiger partial charge in [0, 0.05) is 12.8 Å². The second-order valence-corrected chi connectivity index (χ2v) is 12.8. The second kappa shape index (κ2) is 18.5. The van der Waals surface area contributed by atoms with Gasteiger partial charge in [0.2, 0.25) is 0 Å². The van der Waals surface area contributed by atoms with E-state index in [1.54, 1.807) is 13.8 Å². The van der Waals surface area contributed by atoms with Gasteiger partial charge in [-0.05, 0) is 93.9 Å². The standard InChI is InChI=1S/C30H52N6O4/c1-27(2,3)33-35-29(7,23-31)19-15-21-39-25(37)17-13-11-9-10-12-14-18-26(38)40-22-16-20-30(8,24-32)36-34-28(4,5)6/h9-22H2,1-8H3/b35-33+,36-34+. The number of rotatable bonds is 19. The topological polar surface area (TPSA) is 150 Å². The molecule has 0 aliphatic rings. The van der Waals surface area contributed by atoms with E-state index in [1.807, 2.05) is 41.5 Å². The number of nitrogens with zero attached hydrogens (tertiary/aromatic N) is 6. The molecule has 2 atom stereocenters. The minimum Gasteiger partial charge on any atom is -0.466 e. The summed E-state index contributed by atoms with van der Waals surface area (Å²) in [6.45, 7) is 15.6. The van der Waals surface area contributed by atoms with Gasteiger partial charge in [0.05, 0.1) is 36.4 Å². The van der Waals surface area contributed by atoms with Crippen LogP contribution < -0.4 is 0 Å². The van der Waals surface area contributed by atoms with Crippen LogP contribution in [0.2, 0.25) is 0 Å². The molecule has 0 saturated heterocycles. The first-order valence-electron chi connectivity index (χ1n) is 14.5. The Bertz CT molecular complexity index is 833. The van der Waals surface area contributed by atoms with Crippen LogP contribution in [-0.2, 0) is 19.1 Å². The Morgan fingerprint density at radius 1 is 0.550 bits per heavy atom. The van der Waals surface area contributed by atoms with Gasteiger partial charge in [0.15, 0.2) is 11.1 Å². The summed E-state index contributed by atoms with van der Waals surface area (Å²) in [4.78, 5) is 23.9. The number of carbonyl (C=O) groups excluding carboxylic acids is 2. The fourth-order valence-corrected chi connectivity index (χ4v) is 3.37. The van der Waals surface area contributed by atoms with Crippen molar-refractivity contribution >= 4 is 11.9 Å². The van der Waals surface area contributed by atoms with Crippen LogP contribution in [0.3, 0.4) is 0 Å². The van der Waals surface area contributed by atoms with Gasteiger partial charge in [0.1, 0.15) is 0 Å². The zero-order valence-corrected chi connectivity index (χ0v) is 26.2. The Morgan fingerprint density at radius 3 is 1.18 bits per heavy atom. The van der Waals surface area contributed by atoms with Gasteiger partial charge in [-0.2, -0.15) is 31.0 Å². The number of ether oxygens (including phenoxy) is 2. The highest BCUT2D eigenvalue weighted by Gasteiger charge is 2.25. The highest BCUT2D eigenvalue weighted by molar-refractivity contribution is 5.69. The third kappa shape index (κ3) is 21.0. The van der Waals surface area contributed by atoms with Crippen LogP contribution in [0.5, 0.6) is 0 Å². The fraction of sp³-hybridized carbons (Fsp3) is 0.867. The number of unbranched alkanes of at least 4 members (excludes halogenated alkanes) is 5. The van der Waals surface area contributed by atoms with Crippen LogP contribution >= 0.6 is 0 Å². The van der Waals surface area contributed by atoms with E-state index in [1.165, 1.54) is 0 Å². The van der Waals surface area contributed by atoms with E-state index >= 15 is 0 Å². The minimum absolute atomic E-state index is 0.218. The molecule has 10 heteroatoms. The Balaban J connectivity index is 3.85. The molecular weight excluding hydrogens is 508 g/mol. The molecule has 10 nitrogen and oxygen atoms in total. The number of esters is 2. The summed E-state index contributed by atoms with van der Waals surface area (Å²) in [6.07, 6.45) is 8.25. The van der Waals surface area contributed by atoms with Crippen LogP contribution in [0.15, 0.2) is 20.5 Å². The summed E-state index contributed by atoms with van der Waals surface area (Å²) >= 11 is 0. The third-order valence-corrected chi connectivity index (χ3v) is 5.78. The molecule has 0 saturated carbocycles. The first-order valence-corrected chi connectivity index (χ1v) is 14.5. The third-order valence-electron chi connectivity index (χ3n) is 5.78. The lowest BCUT2D eigenvalue weighted by Gasteiger charge is -2.18. The molecule has 0 aliphatic carbocycles. The lowest BCUT2D eigenvalue weighted by Crippen LogP contribution is -2.21. The van der Waals surface area contributed by atoms with E-state index in [9.17, 15) is 20.1 Å². The van der Waals surface area contributed by atoms with Gasteiger partial charge < -0.3 is 9.47 Å². The van der Waals surface area contributed by atoms with E-state index < -0.39 is 11.1 Å².